The van der Waals surface area contributed by atoms with Gasteiger partial charge in [-0.1, -0.05) is 38.1 Å². The van der Waals surface area contributed by atoms with E-state index in [9.17, 15) is 19.6 Å². The van der Waals surface area contributed by atoms with Crippen molar-refractivity contribution in [2.45, 2.75) is 52.1 Å². The molecule has 0 amide bonds. The number of ketones is 1. The fourth-order valence-electron chi connectivity index (χ4n) is 3.36. The zero-order valence-corrected chi connectivity index (χ0v) is 15.0. The van der Waals surface area contributed by atoms with Crippen LogP contribution < -0.4 is 11.2 Å². The summed E-state index contributed by atoms with van der Waals surface area (Å²) in [5.74, 6) is 0.0867. The molecular weight excluding hydrogens is 330 g/mol. The first-order chi connectivity index (χ1) is 12.5. The summed E-state index contributed by atoms with van der Waals surface area (Å²) in [5.41, 5.74) is 0.880. The molecule has 0 bridgehead atoms. The first kappa shape index (κ1) is 17.9. The monoisotopic (exact) mass is 351 g/mol. The minimum absolute atomic E-state index is 0.0259. The van der Waals surface area contributed by atoms with Crippen molar-refractivity contribution in [2.75, 3.05) is 0 Å². The number of carbonyl (C=O) groups excluding carboxylic acids is 1. The fourth-order valence-corrected chi connectivity index (χ4v) is 3.36. The van der Waals surface area contributed by atoms with Crippen molar-refractivity contribution in [1.29, 1.82) is 5.26 Å². The highest BCUT2D eigenvalue weighted by Gasteiger charge is 2.23. The Balaban J connectivity index is 1.95. The van der Waals surface area contributed by atoms with Crippen molar-refractivity contribution >= 4 is 5.78 Å². The number of hydrogen-bond donors (Lipinski definition) is 0. The van der Waals surface area contributed by atoms with Gasteiger partial charge in [-0.05, 0) is 30.7 Å². The van der Waals surface area contributed by atoms with Gasteiger partial charge in [0.25, 0.3) is 5.56 Å². The Hall–Kier alpha value is -2.94. The second-order valence-electron chi connectivity index (χ2n) is 6.72. The molecule has 1 aliphatic rings. The normalized spacial score (nSPS) is 13.9. The topological polar surface area (TPSA) is 84.9 Å². The Morgan fingerprint density at radius 1 is 1.27 bits per heavy atom. The van der Waals surface area contributed by atoms with Gasteiger partial charge in [-0.15, -0.1) is 0 Å². The second kappa shape index (κ2) is 7.12. The van der Waals surface area contributed by atoms with E-state index >= 15 is 0 Å². The van der Waals surface area contributed by atoms with Gasteiger partial charge < -0.3 is 0 Å². The van der Waals surface area contributed by atoms with Crippen LogP contribution in [0.5, 0.6) is 0 Å². The first-order valence-electron chi connectivity index (χ1n) is 8.87. The number of Topliss-reactive ketones (excluding diaryl/α,β-unsaturated/α-hetero) is 1. The maximum Gasteiger partial charge on any atom is 0.331 e. The number of nitriles is 1. The Morgan fingerprint density at radius 3 is 2.58 bits per heavy atom. The Morgan fingerprint density at radius 2 is 1.96 bits per heavy atom. The lowest BCUT2D eigenvalue weighted by Crippen LogP contribution is -2.43. The molecule has 2 aromatic rings. The van der Waals surface area contributed by atoms with E-state index in [0.717, 1.165) is 23.0 Å². The SMILES string of the molecule is CC[C@@H](C)c1ccc(C(=O)Cn2c(=O)c(C#N)c3n(c2=O)CCC3)cc1. The molecular formula is C20H21N3O3. The van der Waals surface area contributed by atoms with Gasteiger partial charge >= 0.3 is 5.69 Å². The van der Waals surface area contributed by atoms with Crippen molar-refractivity contribution < 1.29 is 4.79 Å². The van der Waals surface area contributed by atoms with E-state index in [1.54, 1.807) is 12.1 Å². The second-order valence-corrected chi connectivity index (χ2v) is 6.72. The number of fused-ring (bicyclic) bond motifs is 1. The number of hydrogen-bond acceptors (Lipinski definition) is 4. The Kier molecular flexibility index (Phi) is 4.90. The van der Waals surface area contributed by atoms with E-state index in [-0.39, 0.29) is 17.9 Å². The average Bonchev–Trinajstić information content (AvgIpc) is 3.14. The van der Waals surface area contributed by atoms with Crippen LogP contribution in [0.4, 0.5) is 0 Å². The summed E-state index contributed by atoms with van der Waals surface area (Å²) in [5, 5.41) is 9.29. The lowest BCUT2D eigenvalue weighted by molar-refractivity contribution is 0.0968. The standard InChI is InChI=1S/C20H21N3O3/c1-3-13(2)14-6-8-15(9-7-14)18(24)12-23-19(25)16(11-21)17-5-4-10-22(17)20(23)26/h6-9,13H,3-5,10,12H2,1-2H3/t13-/m1/s1. The predicted molar refractivity (Wildman–Crippen MR) is 97.5 cm³/mol. The number of carbonyl (C=O) groups is 1. The highest BCUT2D eigenvalue weighted by atomic mass is 16.2. The Labute approximate surface area is 151 Å². The zero-order chi connectivity index (χ0) is 18.8. The van der Waals surface area contributed by atoms with Gasteiger partial charge in [0.2, 0.25) is 0 Å². The third-order valence-corrected chi connectivity index (χ3v) is 5.16. The zero-order valence-electron chi connectivity index (χ0n) is 15.0. The van der Waals surface area contributed by atoms with Crippen LogP contribution in [0.3, 0.4) is 0 Å². The molecule has 1 atom stereocenters. The van der Waals surface area contributed by atoms with Crippen LogP contribution in [-0.2, 0) is 19.5 Å². The van der Waals surface area contributed by atoms with Crippen molar-refractivity contribution in [2.24, 2.45) is 0 Å². The molecule has 0 N–H and O–H groups in total. The van der Waals surface area contributed by atoms with E-state index in [1.165, 1.54) is 4.57 Å². The highest BCUT2D eigenvalue weighted by Crippen LogP contribution is 2.19. The number of benzene rings is 1. The van der Waals surface area contributed by atoms with Crippen LogP contribution >= 0.6 is 0 Å². The third-order valence-electron chi connectivity index (χ3n) is 5.16. The summed E-state index contributed by atoms with van der Waals surface area (Å²) < 4.78 is 2.33. The van der Waals surface area contributed by atoms with Crippen LogP contribution in [0.2, 0.25) is 0 Å². The average molecular weight is 351 g/mol. The van der Waals surface area contributed by atoms with E-state index in [0.29, 0.717) is 30.1 Å². The van der Waals surface area contributed by atoms with Gasteiger partial charge in [-0.3, -0.25) is 18.7 Å². The van der Waals surface area contributed by atoms with Gasteiger partial charge in [0.05, 0.1) is 6.54 Å². The molecule has 0 radical (unpaired) electrons. The summed E-state index contributed by atoms with van der Waals surface area (Å²) in [7, 11) is 0. The van der Waals surface area contributed by atoms with Crippen LogP contribution in [-0.4, -0.2) is 14.9 Å². The largest absolute Gasteiger partial charge is 0.331 e. The molecule has 3 rings (SSSR count). The minimum Gasteiger partial charge on any atom is -0.296 e. The molecule has 0 unspecified atom stereocenters. The first-order valence-corrected chi connectivity index (χ1v) is 8.87. The lowest BCUT2D eigenvalue weighted by atomic mass is 9.97. The molecule has 6 nitrogen and oxygen atoms in total. The van der Waals surface area contributed by atoms with E-state index in [4.69, 9.17) is 0 Å². The van der Waals surface area contributed by atoms with Crippen LogP contribution in [0.1, 0.15) is 59.8 Å². The summed E-state index contributed by atoms with van der Waals surface area (Å²) in [6, 6.07) is 9.16. The molecule has 2 heterocycles. The molecule has 0 fully saturated rings. The van der Waals surface area contributed by atoms with Crippen LogP contribution in [0.15, 0.2) is 33.9 Å². The van der Waals surface area contributed by atoms with Gasteiger partial charge in [-0.25, -0.2) is 4.79 Å². The van der Waals surface area contributed by atoms with Gasteiger partial charge in [0.15, 0.2) is 5.78 Å². The molecule has 0 aliphatic carbocycles. The van der Waals surface area contributed by atoms with E-state index in [1.807, 2.05) is 18.2 Å². The molecule has 1 aromatic carbocycles. The van der Waals surface area contributed by atoms with Crippen molar-refractivity contribution in [1.82, 2.24) is 9.13 Å². The predicted octanol–water partition coefficient (Wildman–Crippen LogP) is 2.22. The molecule has 134 valence electrons. The molecule has 0 saturated heterocycles. The van der Waals surface area contributed by atoms with E-state index in [2.05, 4.69) is 13.8 Å². The third kappa shape index (κ3) is 3.01. The smallest absolute Gasteiger partial charge is 0.296 e. The number of nitrogens with zero attached hydrogens (tertiary/aromatic N) is 3. The van der Waals surface area contributed by atoms with Crippen LogP contribution in [0, 0.1) is 11.3 Å². The van der Waals surface area contributed by atoms with Crippen LogP contribution in [0.25, 0.3) is 0 Å². The summed E-state index contributed by atoms with van der Waals surface area (Å²) >= 11 is 0. The number of aromatic nitrogens is 2. The minimum atomic E-state index is -0.671. The van der Waals surface area contributed by atoms with Crippen molar-refractivity contribution in [3.63, 3.8) is 0 Å². The van der Waals surface area contributed by atoms with E-state index < -0.39 is 11.2 Å². The summed E-state index contributed by atoms with van der Waals surface area (Å²) in [6.45, 7) is 4.34. The fraction of sp³-hybridized carbons (Fsp3) is 0.400. The van der Waals surface area contributed by atoms with Crippen molar-refractivity contribution in [3.05, 3.63) is 67.5 Å². The molecule has 0 spiro atoms. The van der Waals surface area contributed by atoms with Gasteiger partial charge in [-0.2, -0.15) is 5.26 Å². The molecule has 0 saturated carbocycles. The lowest BCUT2D eigenvalue weighted by Gasteiger charge is -2.11. The number of rotatable bonds is 5. The highest BCUT2D eigenvalue weighted by molar-refractivity contribution is 5.95. The van der Waals surface area contributed by atoms with Crippen molar-refractivity contribution in [3.8, 4) is 6.07 Å². The molecule has 1 aliphatic heterocycles. The van der Waals surface area contributed by atoms with Gasteiger partial charge in [0.1, 0.15) is 11.6 Å². The molecule has 6 heteroatoms. The quantitative estimate of drug-likeness (QED) is 0.773. The summed E-state index contributed by atoms with van der Waals surface area (Å²) in [6.07, 6.45) is 2.27. The molecule has 26 heavy (non-hydrogen) atoms. The van der Waals surface area contributed by atoms with Gasteiger partial charge in [0, 0.05) is 17.8 Å². The maximum atomic E-state index is 12.6. The maximum absolute atomic E-state index is 12.6. The molecule has 1 aromatic heterocycles. The summed E-state index contributed by atoms with van der Waals surface area (Å²) in [4.78, 5) is 37.6. The Bertz CT molecular complexity index is 1010.